The molecular formula is C15H17NO3S. The SMILES string of the molecule is O=S(=O)(O)[C@H](Cc1ccccc1)NCc1ccccc1. The maximum absolute atomic E-state index is 11.5. The van der Waals surface area contributed by atoms with Crippen molar-refractivity contribution in [3.8, 4) is 0 Å². The van der Waals surface area contributed by atoms with Crippen LogP contribution < -0.4 is 5.32 Å². The molecule has 0 aliphatic carbocycles. The highest BCUT2D eigenvalue weighted by Gasteiger charge is 2.22. The topological polar surface area (TPSA) is 66.4 Å². The van der Waals surface area contributed by atoms with Crippen LogP contribution in [0.15, 0.2) is 60.7 Å². The molecule has 5 heteroatoms. The fourth-order valence-corrected chi connectivity index (χ4v) is 2.64. The molecule has 0 saturated carbocycles. The summed E-state index contributed by atoms with van der Waals surface area (Å²) in [5, 5.41) is 1.88. The van der Waals surface area contributed by atoms with E-state index >= 15 is 0 Å². The van der Waals surface area contributed by atoms with Crippen LogP contribution >= 0.6 is 0 Å². The van der Waals surface area contributed by atoms with Gasteiger partial charge in [-0.25, -0.2) is 0 Å². The Bertz CT molecular complexity index is 627. The zero-order valence-corrected chi connectivity index (χ0v) is 11.8. The second-order valence-electron chi connectivity index (χ2n) is 4.56. The molecule has 0 bridgehead atoms. The smallest absolute Gasteiger partial charge is 0.281 e. The van der Waals surface area contributed by atoms with Crippen LogP contribution in [-0.4, -0.2) is 18.3 Å². The van der Waals surface area contributed by atoms with Crippen molar-refractivity contribution in [2.45, 2.75) is 18.3 Å². The van der Waals surface area contributed by atoms with Gasteiger partial charge in [-0.15, -0.1) is 0 Å². The predicted octanol–water partition coefficient (Wildman–Crippen LogP) is 2.23. The Balaban J connectivity index is 2.05. The summed E-state index contributed by atoms with van der Waals surface area (Å²) < 4.78 is 32.2. The van der Waals surface area contributed by atoms with Gasteiger partial charge in [-0.05, 0) is 11.1 Å². The van der Waals surface area contributed by atoms with Gasteiger partial charge in [0.25, 0.3) is 10.1 Å². The van der Waals surface area contributed by atoms with E-state index < -0.39 is 15.5 Å². The van der Waals surface area contributed by atoms with Crippen molar-refractivity contribution in [2.75, 3.05) is 0 Å². The van der Waals surface area contributed by atoms with Crippen LogP contribution in [0.1, 0.15) is 11.1 Å². The van der Waals surface area contributed by atoms with Gasteiger partial charge in [0, 0.05) is 13.0 Å². The van der Waals surface area contributed by atoms with E-state index in [0.29, 0.717) is 6.54 Å². The zero-order chi connectivity index (χ0) is 14.4. The Labute approximate surface area is 119 Å². The minimum Gasteiger partial charge on any atom is -0.295 e. The molecular weight excluding hydrogens is 274 g/mol. The summed E-state index contributed by atoms with van der Waals surface area (Å²) in [6, 6.07) is 18.7. The van der Waals surface area contributed by atoms with Gasteiger partial charge in [0.1, 0.15) is 5.37 Å². The lowest BCUT2D eigenvalue weighted by atomic mass is 10.1. The summed E-state index contributed by atoms with van der Waals surface area (Å²) in [6.07, 6.45) is 0.229. The highest BCUT2D eigenvalue weighted by atomic mass is 32.2. The van der Waals surface area contributed by atoms with E-state index in [9.17, 15) is 13.0 Å². The molecule has 0 aliphatic heterocycles. The standard InChI is InChI=1S/C15H17NO3S/c17-20(18,19)15(11-13-7-3-1-4-8-13)16-12-14-9-5-2-6-10-14/h1-10,15-16H,11-12H2,(H,17,18,19)/t15-/m1/s1. The van der Waals surface area contributed by atoms with Crippen LogP contribution in [0.2, 0.25) is 0 Å². The van der Waals surface area contributed by atoms with Crippen molar-refractivity contribution < 1.29 is 13.0 Å². The minimum atomic E-state index is -4.14. The molecule has 0 heterocycles. The summed E-state index contributed by atoms with van der Waals surface area (Å²) in [5.41, 5.74) is 1.82. The van der Waals surface area contributed by atoms with Crippen molar-refractivity contribution >= 4 is 10.1 Å². The second-order valence-corrected chi connectivity index (χ2v) is 6.16. The molecule has 0 aliphatic rings. The van der Waals surface area contributed by atoms with E-state index in [1.54, 1.807) is 0 Å². The van der Waals surface area contributed by atoms with Gasteiger partial charge in [-0.2, -0.15) is 8.42 Å². The summed E-state index contributed by atoms with van der Waals surface area (Å²) in [5.74, 6) is 0. The van der Waals surface area contributed by atoms with Gasteiger partial charge in [0.15, 0.2) is 0 Å². The van der Waals surface area contributed by atoms with Gasteiger partial charge >= 0.3 is 0 Å². The summed E-state index contributed by atoms with van der Waals surface area (Å²) in [7, 11) is -4.14. The number of nitrogens with one attached hydrogen (secondary N) is 1. The highest BCUT2D eigenvalue weighted by molar-refractivity contribution is 7.86. The quantitative estimate of drug-likeness (QED) is 0.801. The molecule has 0 radical (unpaired) electrons. The van der Waals surface area contributed by atoms with E-state index in [1.807, 2.05) is 60.7 Å². The molecule has 20 heavy (non-hydrogen) atoms. The van der Waals surface area contributed by atoms with Gasteiger partial charge < -0.3 is 0 Å². The molecule has 0 aromatic heterocycles. The first-order valence-corrected chi connectivity index (χ1v) is 7.83. The fraction of sp³-hybridized carbons (Fsp3) is 0.200. The van der Waals surface area contributed by atoms with Gasteiger partial charge in [0.2, 0.25) is 0 Å². The molecule has 0 amide bonds. The van der Waals surface area contributed by atoms with E-state index in [0.717, 1.165) is 11.1 Å². The molecule has 2 aromatic carbocycles. The molecule has 0 spiro atoms. The van der Waals surface area contributed by atoms with Crippen LogP contribution in [0.5, 0.6) is 0 Å². The monoisotopic (exact) mass is 291 g/mol. The molecule has 4 nitrogen and oxygen atoms in total. The molecule has 0 fully saturated rings. The number of hydrogen-bond donors (Lipinski definition) is 2. The normalized spacial score (nSPS) is 13.1. The van der Waals surface area contributed by atoms with Crippen molar-refractivity contribution in [1.29, 1.82) is 0 Å². The summed E-state index contributed by atoms with van der Waals surface area (Å²) in [4.78, 5) is 0. The molecule has 0 unspecified atom stereocenters. The maximum Gasteiger partial charge on any atom is 0.281 e. The Morgan fingerprint density at radius 3 is 1.90 bits per heavy atom. The Hall–Kier alpha value is -1.69. The molecule has 2 N–H and O–H groups in total. The van der Waals surface area contributed by atoms with E-state index in [1.165, 1.54) is 0 Å². The minimum absolute atomic E-state index is 0.229. The summed E-state index contributed by atoms with van der Waals surface area (Å²) in [6.45, 7) is 0.387. The largest absolute Gasteiger partial charge is 0.295 e. The molecule has 106 valence electrons. The van der Waals surface area contributed by atoms with Gasteiger partial charge in [0.05, 0.1) is 0 Å². The van der Waals surface area contributed by atoms with Crippen LogP contribution in [0.3, 0.4) is 0 Å². The van der Waals surface area contributed by atoms with Crippen molar-refractivity contribution in [3.05, 3.63) is 71.8 Å². The second kappa shape index (κ2) is 6.65. The van der Waals surface area contributed by atoms with Crippen molar-refractivity contribution in [3.63, 3.8) is 0 Å². The predicted molar refractivity (Wildman–Crippen MR) is 78.8 cm³/mol. The lowest BCUT2D eigenvalue weighted by Gasteiger charge is -2.16. The first-order valence-electron chi connectivity index (χ1n) is 6.33. The Morgan fingerprint density at radius 1 is 0.900 bits per heavy atom. The number of rotatable bonds is 6. The van der Waals surface area contributed by atoms with E-state index in [2.05, 4.69) is 5.32 Å². The Morgan fingerprint density at radius 2 is 1.40 bits per heavy atom. The maximum atomic E-state index is 11.5. The van der Waals surface area contributed by atoms with E-state index in [-0.39, 0.29) is 6.42 Å². The van der Waals surface area contributed by atoms with Gasteiger partial charge in [-0.1, -0.05) is 60.7 Å². The highest BCUT2D eigenvalue weighted by Crippen LogP contribution is 2.08. The lowest BCUT2D eigenvalue weighted by molar-refractivity contribution is 0.447. The average molecular weight is 291 g/mol. The van der Waals surface area contributed by atoms with Crippen LogP contribution in [0.4, 0.5) is 0 Å². The molecule has 0 saturated heterocycles. The van der Waals surface area contributed by atoms with Crippen molar-refractivity contribution in [1.82, 2.24) is 5.32 Å². The first kappa shape index (κ1) is 14.7. The molecule has 2 aromatic rings. The fourth-order valence-electron chi connectivity index (χ4n) is 1.94. The number of hydrogen-bond acceptors (Lipinski definition) is 3. The third-order valence-electron chi connectivity index (χ3n) is 3.00. The van der Waals surface area contributed by atoms with E-state index in [4.69, 9.17) is 0 Å². The third-order valence-corrected chi connectivity index (χ3v) is 4.05. The Kier molecular flexibility index (Phi) is 4.89. The average Bonchev–Trinajstić information content (AvgIpc) is 2.44. The third kappa shape index (κ3) is 4.45. The van der Waals surface area contributed by atoms with Crippen molar-refractivity contribution in [2.24, 2.45) is 0 Å². The van der Waals surface area contributed by atoms with Crippen LogP contribution in [0, 0.1) is 0 Å². The van der Waals surface area contributed by atoms with Gasteiger partial charge in [-0.3, -0.25) is 9.87 Å². The first-order chi connectivity index (χ1) is 9.55. The molecule has 1 atom stereocenters. The molecule has 2 rings (SSSR count). The van der Waals surface area contributed by atoms with Crippen LogP contribution in [0.25, 0.3) is 0 Å². The van der Waals surface area contributed by atoms with Crippen LogP contribution in [-0.2, 0) is 23.1 Å². The lowest BCUT2D eigenvalue weighted by Crippen LogP contribution is -2.37. The zero-order valence-electron chi connectivity index (χ0n) is 10.9. The summed E-state index contributed by atoms with van der Waals surface area (Å²) >= 11 is 0. The number of benzene rings is 2.